The van der Waals surface area contributed by atoms with Crippen LogP contribution in [0.1, 0.15) is 28.5 Å². The predicted octanol–water partition coefficient (Wildman–Crippen LogP) is 2.22. The molecule has 3 heterocycles. The monoisotopic (exact) mass is 502 g/mol. The molecular formula is C28H31FN6O2. The summed E-state index contributed by atoms with van der Waals surface area (Å²) < 4.78 is 20.5. The zero-order chi connectivity index (χ0) is 26.4. The molecule has 0 saturated carbocycles. The van der Waals surface area contributed by atoms with E-state index in [4.69, 9.17) is 16.2 Å². The van der Waals surface area contributed by atoms with Gasteiger partial charge in [0.05, 0.1) is 41.8 Å². The van der Waals surface area contributed by atoms with Gasteiger partial charge in [-0.1, -0.05) is 31.4 Å². The molecule has 1 amide bonds. The lowest BCUT2D eigenvalue weighted by Crippen LogP contribution is -2.57. The van der Waals surface area contributed by atoms with Crippen LogP contribution < -0.4 is 11.5 Å². The average Bonchev–Trinajstić information content (AvgIpc) is 2.87. The van der Waals surface area contributed by atoms with Gasteiger partial charge in [0.1, 0.15) is 12.1 Å². The van der Waals surface area contributed by atoms with Crippen molar-refractivity contribution in [2.75, 3.05) is 39.4 Å². The standard InChI is InChI=1S/C28H31FN6O2/c1-3-26-24(8-6-20(15-30)5-4-19(2)31)27(33-18-32-26)21-7-9-23(25(29)14-21)28(36)35-12-10-34(11-13-35)22-16-37-17-22/h4-5,7,9,14-15,18,22H,2-3,10-13,16-17,30-31H2,1H3/b5-4-,20-15+. The molecule has 2 aromatic rings. The molecule has 0 unspecified atom stereocenters. The largest absolute Gasteiger partial charge is 0.404 e. The van der Waals surface area contributed by atoms with Gasteiger partial charge in [-0.15, -0.1) is 0 Å². The molecular weight excluding hydrogens is 471 g/mol. The predicted molar refractivity (Wildman–Crippen MR) is 141 cm³/mol. The Balaban J connectivity index is 1.57. The van der Waals surface area contributed by atoms with E-state index in [1.807, 2.05) is 6.92 Å². The summed E-state index contributed by atoms with van der Waals surface area (Å²) in [5.41, 5.74) is 14.5. The second-order valence-corrected chi connectivity index (χ2v) is 8.89. The number of hydrogen-bond donors (Lipinski definition) is 2. The normalized spacial score (nSPS) is 16.8. The number of aryl methyl sites for hydroxylation is 1. The molecule has 2 aliphatic rings. The zero-order valence-electron chi connectivity index (χ0n) is 20.9. The summed E-state index contributed by atoms with van der Waals surface area (Å²) in [4.78, 5) is 25.8. The Kier molecular flexibility index (Phi) is 8.33. The summed E-state index contributed by atoms with van der Waals surface area (Å²) >= 11 is 0. The minimum absolute atomic E-state index is 0.0436. The number of benzene rings is 1. The number of ether oxygens (including phenoxy) is 1. The zero-order valence-corrected chi connectivity index (χ0v) is 20.9. The fourth-order valence-corrected chi connectivity index (χ4v) is 4.24. The van der Waals surface area contributed by atoms with Crippen LogP contribution >= 0.6 is 0 Å². The van der Waals surface area contributed by atoms with E-state index < -0.39 is 5.82 Å². The highest BCUT2D eigenvalue weighted by Crippen LogP contribution is 2.26. The summed E-state index contributed by atoms with van der Waals surface area (Å²) in [6, 6.07) is 4.98. The van der Waals surface area contributed by atoms with Crippen molar-refractivity contribution >= 4 is 5.91 Å². The molecule has 192 valence electrons. The maximum Gasteiger partial charge on any atom is 0.256 e. The molecule has 0 aliphatic carbocycles. The molecule has 9 heteroatoms. The highest BCUT2D eigenvalue weighted by atomic mass is 19.1. The molecule has 37 heavy (non-hydrogen) atoms. The van der Waals surface area contributed by atoms with Gasteiger partial charge in [-0.3, -0.25) is 9.69 Å². The van der Waals surface area contributed by atoms with E-state index in [2.05, 4.69) is 33.3 Å². The summed E-state index contributed by atoms with van der Waals surface area (Å²) in [5.74, 6) is 5.16. The topological polar surface area (TPSA) is 111 Å². The maximum absolute atomic E-state index is 15.3. The van der Waals surface area contributed by atoms with Gasteiger partial charge in [-0.05, 0) is 30.7 Å². The smallest absolute Gasteiger partial charge is 0.256 e. The highest BCUT2D eigenvalue weighted by Gasteiger charge is 2.31. The number of nitrogens with two attached hydrogens (primary N) is 2. The number of aromatic nitrogens is 2. The van der Waals surface area contributed by atoms with Gasteiger partial charge in [-0.25, -0.2) is 14.4 Å². The van der Waals surface area contributed by atoms with Crippen molar-refractivity contribution in [1.82, 2.24) is 19.8 Å². The molecule has 0 bridgehead atoms. The van der Waals surface area contributed by atoms with Crippen LogP contribution in [-0.4, -0.2) is 71.1 Å². The molecule has 8 nitrogen and oxygen atoms in total. The molecule has 0 atom stereocenters. The molecule has 2 fully saturated rings. The number of carbonyl (C=O) groups excluding carboxylic acids is 1. The van der Waals surface area contributed by atoms with Gasteiger partial charge in [0.15, 0.2) is 0 Å². The van der Waals surface area contributed by atoms with Gasteiger partial charge in [0, 0.05) is 49.2 Å². The third kappa shape index (κ3) is 6.05. The van der Waals surface area contributed by atoms with E-state index in [0.717, 1.165) is 32.0 Å². The van der Waals surface area contributed by atoms with Crippen LogP contribution in [-0.2, 0) is 11.2 Å². The van der Waals surface area contributed by atoms with Crippen molar-refractivity contribution in [3.05, 3.63) is 83.4 Å². The molecule has 0 spiro atoms. The van der Waals surface area contributed by atoms with Crippen LogP contribution in [0.2, 0.25) is 0 Å². The van der Waals surface area contributed by atoms with Crippen LogP contribution in [0.3, 0.4) is 0 Å². The fourth-order valence-electron chi connectivity index (χ4n) is 4.24. The molecule has 2 aliphatic heterocycles. The van der Waals surface area contributed by atoms with Crippen LogP contribution in [0.15, 0.2) is 60.7 Å². The Morgan fingerprint density at radius 2 is 2.00 bits per heavy atom. The first-order chi connectivity index (χ1) is 17.9. The van der Waals surface area contributed by atoms with Gasteiger partial charge >= 0.3 is 0 Å². The molecule has 4 N–H and O–H groups in total. The van der Waals surface area contributed by atoms with E-state index in [9.17, 15) is 4.79 Å². The first kappa shape index (κ1) is 26.1. The van der Waals surface area contributed by atoms with Crippen molar-refractivity contribution in [1.29, 1.82) is 0 Å². The molecule has 2 saturated heterocycles. The van der Waals surface area contributed by atoms with Crippen LogP contribution in [0, 0.1) is 17.7 Å². The summed E-state index contributed by atoms with van der Waals surface area (Å²) in [7, 11) is 0. The molecule has 1 aromatic carbocycles. The van der Waals surface area contributed by atoms with Crippen LogP contribution in [0.4, 0.5) is 4.39 Å². The van der Waals surface area contributed by atoms with E-state index in [-0.39, 0.29) is 11.5 Å². The third-order valence-electron chi connectivity index (χ3n) is 6.46. The Bertz CT molecular complexity index is 1300. The molecule has 4 rings (SSSR count). The van der Waals surface area contributed by atoms with E-state index in [0.29, 0.717) is 53.6 Å². The second kappa shape index (κ2) is 11.8. The number of amides is 1. The first-order valence-corrected chi connectivity index (χ1v) is 12.2. The SMILES string of the molecule is C=C(N)/C=C\C(C#Cc1c(CC)ncnc1-c1ccc(C(=O)N2CCN(C3COC3)CC2)c(F)c1)=C/N. The lowest BCUT2D eigenvalue weighted by atomic mass is 10.0. The number of nitrogens with zero attached hydrogens (tertiary/aromatic N) is 4. The number of hydrogen-bond acceptors (Lipinski definition) is 7. The number of carbonyl (C=O) groups is 1. The second-order valence-electron chi connectivity index (χ2n) is 8.89. The summed E-state index contributed by atoms with van der Waals surface area (Å²) in [6.07, 6.45) is 6.66. The van der Waals surface area contributed by atoms with Crippen molar-refractivity contribution in [2.24, 2.45) is 11.5 Å². The van der Waals surface area contributed by atoms with Crippen molar-refractivity contribution < 1.29 is 13.9 Å². The van der Waals surface area contributed by atoms with E-state index >= 15 is 4.39 Å². The van der Waals surface area contributed by atoms with Crippen molar-refractivity contribution in [3.63, 3.8) is 0 Å². The minimum Gasteiger partial charge on any atom is -0.404 e. The van der Waals surface area contributed by atoms with Gasteiger partial charge < -0.3 is 21.1 Å². The Hall–Kier alpha value is -4.00. The first-order valence-electron chi connectivity index (χ1n) is 12.2. The quantitative estimate of drug-likeness (QED) is 0.460. The lowest BCUT2D eigenvalue weighted by Gasteiger charge is -2.42. The fraction of sp³-hybridized carbons (Fsp3) is 0.321. The van der Waals surface area contributed by atoms with Gasteiger partial charge in [-0.2, -0.15) is 0 Å². The number of allylic oxidation sites excluding steroid dienone is 3. The summed E-state index contributed by atoms with van der Waals surface area (Å²) in [5, 5.41) is 0. The minimum atomic E-state index is -0.597. The van der Waals surface area contributed by atoms with E-state index in [1.54, 1.807) is 23.1 Å². The Morgan fingerprint density at radius 1 is 1.24 bits per heavy atom. The Morgan fingerprint density at radius 3 is 2.59 bits per heavy atom. The van der Waals surface area contributed by atoms with Crippen LogP contribution in [0.5, 0.6) is 0 Å². The number of halogens is 1. The molecule has 1 aromatic heterocycles. The number of rotatable bonds is 6. The molecule has 0 radical (unpaired) electrons. The van der Waals surface area contributed by atoms with Gasteiger partial charge in [0.25, 0.3) is 5.91 Å². The van der Waals surface area contributed by atoms with Crippen molar-refractivity contribution in [2.45, 2.75) is 19.4 Å². The average molecular weight is 503 g/mol. The Labute approximate surface area is 216 Å². The highest BCUT2D eigenvalue weighted by molar-refractivity contribution is 5.95. The van der Waals surface area contributed by atoms with Gasteiger partial charge in [0.2, 0.25) is 0 Å². The van der Waals surface area contributed by atoms with Crippen molar-refractivity contribution in [3.8, 4) is 23.1 Å². The van der Waals surface area contributed by atoms with E-state index in [1.165, 1.54) is 24.7 Å². The number of piperazine rings is 1. The third-order valence-corrected chi connectivity index (χ3v) is 6.46. The van der Waals surface area contributed by atoms with Crippen LogP contribution in [0.25, 0.3) is 11.3 Å². The summed E-state index contributed by atoms with van der Waals surface area (Å²) in [6.45, 7) is 9.69. The maximum atomic E-state index is 15.3. The lowest BCUT2D eigenvalue weighted by molar-refractivity contribution is -0.0746.